The monoisotopic (exact) mass is 291 g/mol. The van der Waals surface area contributed by atoms with E-state index in [-0.39, 0.29) is 0 Å². The molecule has 0 atom stereocenters. The SMILES string of the molecule is COCCNCCCCOc1cc(Cl)cc(Cl)c1. The van der Waals surface area contributed by atoms with E-state index in [0.29, 0.717) is 16.7 Å². The van der Waals surface area contributed by atoms with Gasteiger partial charge < -0.3 is 14.8 Å². The van der Waals surface area contributed by atoms with Crippen LogP contribution in [0.25, 0.3) is 0 Å². The lowest BCUT2D eigenvalue weighted by Crippen LogP contribution is -2.20. The summed E-state index contributed by atoms with van der Waals surface area (Å²) in [4.78, 5) is 0. The summed E-state index contributed by atoms with van der Waals surface area (Å²) in [5, 5.41) is 4.47. The number of hydrogen-bond donors (Lipinski definition) is 1. The summed E-state index contributed by atoms with van der Waals surface area (Å²) < 4.78 is 10.5. The average molecular weight is 292 g/mol. The third kappa shape index (κ3) is 7.07. The van der Waals surface area contributed by atoms with Gasteiger partial charge in [-0.1, -0.05) is 23.2 Å². The van der Waals surface area contributed by atoms with Crippen LogP contribution in [0.3, 0.4) is 0 Å². The van der Waals surface area contributed by atoms with Crippen LogP contribution in [0.4, 0.5) is 0 Å². The Bertz CT molecular complexity index is 328. The maximum Gasteiger partial charge on any atom is 0.122 e. The van der Waals surface area contributed by atoms with Gasteiger partial charge in [0, 0.05) is 23.7 Å². The van der Waals surface area contributed by atoms with Gasteiger partial charge in [-0.05, 0) is 37.6 Å². The number of methoxy groups -OCH3 is 1. The van der Waals surface area contributed by atoms with E-state index in [9.17, 15) is 0 Å². The van der Waals surface area contributed by atoms with Crippen molar-refractivity contribution < 1.29 is 9.47 Å². The van der Waals surface area contributed by atoms with Gasteiger partial charge in [0.05, 0.1) is 13.2 Å². The van der Waals surface area contributed by atoms with Crippen molar-refractivity contribution in [1.82, 2.24) is 5.32 Å². The molecule has 18 heavy (non-hydrogen) atoms. The normalized spacial score (nSPS) is 10.6. The van der Waals surface area contributed by atoms with E-state index >= 15 is 0 Å². The fourth-order valence-electron chi connectivity index (χ4n) is 1.45. The van der Waals surface area contributed by atoms with E-state index < -0.39 is 0 Å². The second kappa shape index (κ2) is 9.45. The maximum atomic E-state index is 5.87. The fourth-order valence-corrected chi connectivity index (χ4v) is 1.96. The first-order valence-corrected chi connectivity index (χ1v) is 6.76. The van der Waals surface area contributed by atoms with Gasteiger partial charge >= 0.3 is 0 Å². The molecule has 1 N–H and O–H groups in total. The van der Waals surface area contributed by atoms with Crippen molar-refractivity contribution in [3.63, 3.8) is 0 Å². The van der Waals surface area contributed by atoms with E-state index in [1.54, 1.807) is 25.3 Å². The molecule has 0 heterocycles. The van der Waals surface area contributed by atoms with Gasteiger partial charge in [0.2, 0.25) is 0 Å². The molecule has 0 unspecified atom stereocenters. The van der Waals surface area contributed by atoms with Crippen molar-refractivity contribution in [2.45, 2.75) is 12.8 Å². The van der Waals surface area contributed by atoms with Gasteiger partial charge in [-0.3, -0.25) is 0 Å². The summed E-state index contributed by atoms with van der Waals surface area (Å²) in [6.45, 7) is 3.28. The van der Waals surface area contributed by atoms with Crippen LogP contribution in [0.1, 0.15) is 12.8 Å². The molecule has 0 saturated carbocycles. The number of halogens is 2. The Balaban J connectivity index is 2.07. The minimum atomic E-state index is 0.596. The minimum Gasteiger partial charge on any atom is -0.493 e. The second-order valence-electron chi connectivity index (χ2n) is 3.90. The van der Waals surface area contributed by atoms with Gasteiger partial charge in [0.1, 0.15) is 5.75 Å². The second-order valence-corrected chi connectivity index (χ2v) is 4.78. The summed E-state index contributed by atoms with van der Waals surface area (Å²) in [6, 6.07) is 5.23. The van der Waals surface area contributed by atoms with Crippen LogP contribution < -0.4 is 10.1 Å². The largest absolute Gasteiger partial charge is 0.493 e. The van der Waals surface area contributed by atoms with E-state index in [2.05, 4.69) is 5.32 Å². The molecule has 0 bridgehead atoms. The number of unbranched alkanes of at least 4 members (excludes halogenated alkanes) is 1. The smallest absolute Gasteiger partial charge is 0.122 e. The van der Waals surface area contributed by atoms with Gasteiger partial charge in [0.15, 0.2) is 0 Å². The summed E-state index contributed by atoms with van der Waals surface area (Å²) in [5.41, 5.74) is 0. The van der Waals surface area contributed by atoms with Crippen LogP contribution >= 0.6 is 23.2 Å². The number of benzene rings is 1. The van der Waals surface area contributed by atoms with Crippen molar-refractivity contribution >= 4 is 23.2 Å². The number of ether oxygens (including phenoxy) is 2. The topological polar surface area (TPSA) is 30.5 Å². The molecule has 0 amide bonds. The van der Waals surface area contributed by atoms with Crippen molar-refractivity contribution in [3.8, 4) is 5.75 Å². The van der Waals surface area contributed by atoms with Gasteiger partial charge in [-0.25, -0.2) is 0 Å². The summed E-state index contributed by atoms with van der Waals surface area (Å²) in [7, 11) is 1.70. The Morgan fingerprint density at radius 3 is 2.39 bits per heavy atom. The lowest BCUT2D eigenvalue weighted by Gasteiger charge is -2.07. The van der Waals surface area contributed by atoms with Crippen molar-refractivity contribution in [2.75, 3.05) is 33.4 Å². The fraction of sp³-hybridized carbons (Fsp3) is 0.538. The summed E-state index contributed by atoms with van der Waals surface area (Å²) >= 11 is 11.7. The molecule has 0 fully saturated rings. The molecule has 0 aliphatic carbocycles. The van der Waals surface area contributed by atoms with Gasteiger partial charge in [0.25, 0.3) is 0 Å². The predicted octanol–water partition coefficient (Wildman–Crippen LogP) is 3.39. The van der Waals surface area contributed by atoms with Gasteiger partial charge in [-0.15, -0.1) is 0 Å². The molecule has 0 saturated heterocycles. The van der Waals surface area contributed by atoms with Gasteiger partial charge in [-0.2, -0.15) is 0 Å². The standard InChI is InChI=1S/C13H19Cl2NO2/c1-17-7-5-16-4-2-3-6-18-13-9-11(14)8-12(15)10-13/h8-10,16H,2-7H2,1H3. The molecule has 1 aromatic carbocycles. The van der Waals surface area contributed by atoms with E-state index in [4.69, 9.17) is 32.7 Å². The van der Waals surface area contributed by atoms with Crippen LogP contribution in [0.15, 0.2) is 18.2 Å². The predicted molar refractivity (Wildman–Crippen MR) is 75.9 cm³/mol. The molecule has 0 aliphatic rings. The molecule has 0 spiro atoms. The summed E-state index contributed by atoms with van der Waals surface area (Å²) in [5.74, 6) is 0.722. The van der Waals surface area contributed by atoms with Crippen LogP contribution in [-0.2, 0) is 4.74 Å². The minimum absolute atomic E-state index is 0.596. The molecule has 102 valence electrons. The van der Waals surface area contributed by atoms with Crippen molar-refractivity contribution in [3.05, 3.63) is 28.2 Å². The number of hydrogen-bond acceptors (Lipinski definition) is 3. The molecule has 0 aliphatic heterocycles. The highest BCUT2D eigenvalue weighted by Crippen LogP contribution is 2.24. The molecular weight excluding hydrogens is 273 g/mol. The van der Waals surface area contributed by atoms with Crippen LogP contribution in [0, 0.1) is 0 Å². The lowest BCUT2D eigenvalue weighted by molar-refractivity contribution is 0.199. The Kier molecular flexibility index (Phi) is 8.18. The number of rotatable bonds is 9. The highest BCUT2D eigenvalue weighted by atomic mass is 35.5. The quantitative estimate of drug-likeness (QED) is 0.708. The molecule has 0 radical (unpaired) electrons. The Morgan fingerprint density at radius 1 is 1.00 bits per heavy atom. The maximum absolute atomic E-state index is 5.87. The zero-order valence-corrected chi connectivity index (χ0v) is 12.1. The van der Waals surface area contributed by atoms with Crippen molar-refractivity contribution in [1.29, 1.82) is 0 Å². The highest BCUT2D eigenvalue weighted by Gasteiger charge is 1.99. The third-order valence-corrected chi connectivity index (χ3v) is 2.77. The Hall–Kier alpha value is -0.480. The zero-order chi connectivity index (χ0) is 13.2. The Morgan fingerprint density at radius 2 is 1.72 bits per heavy atom. The van der Waals surface area contributed by atoms with Crippen LogP contribution in [-0.4, -0.2) is 33.4 Å². The first kappa shape index (κ1) is 15.6. The number of nitrogens with one attached hydrogen (secondary N) is 1. The molecule has 5 heteroatoms. The van der Waals surface area contributed by atoms with Crippen molar-refractivity contribution in [2.24, 2.45) is 0 Å². The molecule has 1 aromatic rings. The first-order chi connectivity index (χ1) is 8.72. The summed E-state index contributed by atoms with van der Waals surface area (Å²) in [6.07, 6.45) is 2.06. The Labute approximate surface area is 118 Å². The highest BCUT2D eigenvalue weighted by molar-refractivity contribution is 6.34. The molecule has 3 nitrogen and oxygen atoms in total. The first-order valence-electron chi connectivity index (χ1n) is 6.01. The van der Waals surface area contributed by atoms with E-state index in [1.165, 1.54) is 0 Å². The molecular formula is C13H19Cl2NO2. The molecule has 1 rings (SSSR count). The van der Waals surface area contributed by atoms with E-state index in [1.807, 2.05) is 0 Å². The zero-order valence-electron chi connectivity index (χ0n) is 10.5. The van der Waals surface area contributed by atoms with Crippen LogP contribution in [0.5, 0.6) is 5.75 Å². The lowest BCUT2D eigenvalue weighted by atomic mass is 10.3. The molecule has 0 aromatic heterocycles. The third-order valence-electron chi connectivity index (χ3n) is 2.34. The van der Waals surface area contributed by atoms with E-state index in [0.717, 1.165) is 38.3 Å². The average Bonchev–Trinajstić information content (AvgIpc) is 2.31. The van der Waals surface area contributed by atoms with Crippen LogP contribution in [0.2, 0.25) is 10.0 Å².